The highest BCUT2D eigenvalue weighted by molar-refractivity contribution is 7.90. The first-order valence-electron chi connectivity index (χ1n) is 9.00. The fourth-order valence-electron chi connectivity index (χ4n) is 2.80. The van der Waals surface area contributed by atoms with Crippen LogP contribution < -0.4 is 4.72 Å². The van der Waals surface area contributed by atoms with Crippen LogP contribution in [0, 0.1) is 42.8 Å². The molecule has 0 unspecified atom stereocenters. The van der Waals surface area contributed by atoms with E-state index in [1.807, 2.05) is 67.7 Å². The first-order chi connectivity index (χ1) is 12.2. The summed E-state index contributed by atoms with van der Waals surface area (Å²) in [4.78, 5) is 0.229. The Balaban J connectivity index is 2.36. The first kappa shape index (κ1) is 22.6. The molecule has 149 valence electrons. The number of benzene rings is 1. The third kappa shape index (κ3) is 5.42. The Morgan fingerprint density at radius 2 is 1.52 bits per heavy atom. The Labute approximate surface area is 168 Å². The Morgan fingerprint density at radius 3 is 2.00 bits per heavy atom. The SMILES string of the molecule is Cc1ccc(S(=O)(=O)N[C@H]([C]2[CH][CH][CH][C]2[S@@](=O)C(C)(C)C)C(C)(C)C)cc1. The second-order valence-electron chi connectivity index (χ2n) is 8.96. The number of nitrogens with one attached hydrogen (secondary N) is 1. The lowest BCUT2D eigenvalue weighted by molar-refractivity contribution is 0.316. The molecule has 0 bridgehead atoms. The fourth-order valence-corrected chi connectivity index (χ4v) is 5.49. The van der Waals surface area contributed by atoms with Gasteiger partial charge in [-0.2, -0.15) is 0 Å². The summed E-state index contributed by atoms with van der Waals surface area (Å²) < 4.78 is 41.4. The quantitative estimate of drug-likeness (QED) is 0.802. The molecule has 0 spiro atoms. The van der Waals surface area contributed by atoms with Gasteiger partial charge in [-0.15, -0.1) is 0 Å². The minimum absolute atomic E-state index is 0.229. The largest absolute Gasteiger partial charge is 0.258 e. The number of rotatable bonds is 5. The number of aryl methyl sites for hydroxylation is 1. The molecule has 2 atom stereocenters. The molecule has 1 fully saturated rings. The third-order valence-electron chi connectivity index (χ3n) is 4.35. The highest BCUT2D eigenvalue weighted by atomic mass is 32.2. The maximum Gasteiger partial charge on any atom is 0.240 e. The van der Waals surface area contributed by atoms with Crippen LogP contribution in [0.5, 0.6) is 0 Å². The van der Waals surface area contributed by atoms with Gasteiger partial charge in [0.2, 0.25) is 10.0 Å². The molecular weight excluding hydrogens is 378 g/mol. The zero-order valence-corrected chi connectivity index (χ0v) is 18.8. The monoisotopic (exact) mass is 408 g/mol. The lowest BCUT2D eigenvalue weighted by Gasteiger charge is -2.38. The van der Waals surface area contributed by atoms with Gasteiger partial charge < -0.3 is 0 Å². The van der Waals surface area contributed by atoms with Gasteiger partial charge in [-0.3, -0.25) is 4.21 Å². The van der Waals surface area contributed by atoms with Crippen molar-refractivity contribution in [1.82, 2.24) is 4.72 Å². The van der Waals surface area contributed by atoms with E-state index in [4.69, 9.17) is 0 Å². The van der Waals surface area contributed by atoms with Crippen LogP contribution in [-0.2, 0) is 20.8 Å². The second-order valence-corrected chi connectivity index (χ2v) is 12.9. The molecule has 1 aliphatic rings. The highest BCUT2D eigenvalue weighted by Gasteiger charge is 2.47. The van der Waals surface area contributed by atoms with Crippen molar-refractivity contribution < 1.29 is 12.6 Å². The number of hydrogen-bond acceptors (Lipinski definition) is 3. The summed E-state index contributed by atoms with van der Waals surface area (Å²) in [5, 5.41) is 0.689. The van der Waals surface area contributed by atoms with Gasteiger partial charge in [0.1, 0.15) is 0 Å². The van der Waals surface area contributed by atoms with Gasteiger partial charge in [0, 0.05) is 27.5 Å². The van der Waals surface area contributed by atoms with E-state index in [9.17, 15) is 12.6 Å². The summed E-state index contributed by atoms with van der Waals surface area (Å²) in [6.07, 6.45) is 5.54. The third-order valence-corrected chi connectivity index (χ3v) is 7.67. The molecule has 1 N–H and O–H groups in total. The Hall–Kier alpha value is -0.720. The van der Waals surface area contributed by atoms with Gasteiger partial charge in [0.25, 0.3) is 0 Å². The van der Waals surface area contributed by atoms with E-state index in [-0.39, 0.29) is 4.90 Å². The predicted molar refractivity (Wildman–Crippen MR) is 112 cm³/mol. The molecule has 1 aromatic rings. The van der Waals surface area contributed by atoms with Crippen LogP contribution in [0.25, 0.3) is 0 Å². The summed E-state index contributed by atoms with van der Waals surface area (Å²) in [5.74, 6) is 0.770. The first-order valence-corrected chi connectivity index (χ1v) is 11.6. The number of hydrogen-bond donors (Lipinski definition) is 1. The molecule has 0 amide bonds. The molecule has 4 nitrogen and oxygen atoms in total. The zero-order chi connectivity index (χ0) is 20.6. The average Bonchev–Trinajstić information content (AvgIpc) is 2.99. The van der Waals surface area contributed by atoms with Crippen molar-refractivity contribution in [3.63, 3.8) is 0 Å². The normalized spacial score (nSPS) is 20.0. The van der Waals surface area contributed by atoms with Crippen molar-refractivity contribution in [3.8, 4) is 0 Å². The molecule has 1 aromatic carbocycles. The van der Waals surface area contributed by atoms with E-state index < -0.39 is 37.0 Å². The molecule has 0 aliphatic heterocycles. The Morgan fingerprint density at radius 1 is 0.963 bits per heavy atom. The van der Waals surface area contributed by atoms with E-state index in [1.54, 1.807) is 24.3 Å². The van der Waals surface area contributed by atoms with Gasteiger partial charge >= 0.3 is 0 Å². The van der Waals surface area contributed by atoms with Crippen molar-refractivity contribution in [2.45, 2.75) is 64.2 Å². The fraction of sp³-hybridized carbons (Fsp3) is 0.476. The van der Waals surface area contributed by atoms with Crippen molar-refractivity contribution >= 4 is 20.8 Å². The van der Waals surface area contributed by atoms with Crippen LogP contribution in [0.1, 0.15) is 47.1 Å². The second kappa shape index (κ2) is 7.96. The smallest absolute Gasteiger partial charge is 0.240 e. The number of sulfonamides is 1. The molecule has 5 radical (unpaired) electrons. The average molecular weight is 409 g/mol. The van der Waals surface area contributed by atoms with Crippen LogP contribution >= 0.6 is 0 Å². The molecular formula is C21H30NO3S2. The molecule has 27 heavy (non-hydrogen) atoms. The Bertz CT molecular complexity index is 771. The van der Waals surface area contributed by atoms with Crippen LogP contribution in [0.2, 0.25) is 0 Å². The minimum Gasteiger partial charge on any atom is -0.258 e. The van der Waals surface area contributed by atoms with Gasteiger partial charge in [0.05, 0.1) is 10.1 Å². The molecule has 6 heteroatoms. The van der Waals surface area contributed by atoms with Crippen molar-refractivity contribution in [1.29, 1.82) is 0 Å². The molecule has 2 rings (SSSR count). The minimum atomic E-state index is -3.71. The summed E-state index contributed by atoms with van der Waals surface area (Å²) in [7, 11) is -4.96. The van der Waals surface area contributed by atoms with Crippen LogP contribution in [0.15, 0.2) is 29.2 Å². The lowest BCUT2D eigenvalue weighted by Crippen LogP contribution is -2.49. The summed E-state index contributed by atoms with van der Waals surface area (Å²) in [6, 6.07) is 6.28. The van der Waals surface area contributed by atoms with Crippen molar-refractivity contribution in [2.24, 2.45) is 5.41 Å². The van der Waals surface area contributed by atoms with E-state index >= 15 is 0 Å². The Kier molecular flexibility index (Phi) is 6.65. The topological polar surface area (TPSA) is 63.2 Å². The van der Waals surface area contributed by atoms with Crippen LogP contribution in [0.4, 0.5) is 0 Å². The van der Waals surface area contributed by atoms with Crippen molar-refractivity contribution in [3.05, 3.63) is 60.3 Å². The standard InChI is InChI=1S/C21H30NO3S2/c1-15-11-13-16(14-12-15)27(24,25)22-19(20(2,3)4)17-9-8-10-18(17)26(23)21(5,6)7/h8-14,19,22H,1-7H3/t19-,26-/m1/s1. The maximum atomic E-state index is 13.0. The summed E-state index contributed by atoms with van der Waals surface area (Å²) in [5.41, 5.74) is 0.600. The highest BCUT2D eigenvalue weighted by Crippen LogP contribution is 2.45. The summed E-state index contributed by atoms with van der Waals surface area (Å²) >= 11 is 0. The predicted octanol–water partition coefficient (Wildman–Crippen LogP) is 3.97. The van der Waals surface area contributed by atoms with E-state index in [0.29, 0.717) is 5.25 Å². The van der Waals surface area contributed by atoms with Gasteiger partial charge in [-0.05, 0) is 64.5 Å². The van der Waals surface area contributed by atoms with E-state index in [2.05, 4.69) is 4.72 Å². The zero-order valence-electron chi connectivity index (χ0n) is 17.2. The van der Waals surface area contributed by atoms with Gasteiger partial charge in [-0.1, -0.05) is 38.5 Å². The molecule has 1 saturated carbocycles. The maximum absolute atomic E-state index is 13.0. The molecule has 0 heterocycles. The lowest BCUT2D eigenvalue weighted by atomic mass is 9.78. The van der Waals surface area contributed by atoms with E-state index in [0.717, 1.165) is 11.5 Å². The molecule has 0 saturated heterocycles. The van der Waals surface area contributed by atoms with Crippen LogP contribution in [-0.4, -0.2) is 23.4 Å². The van der Waals surface area contributed by atoms with Crippen molar-refractivity contribution in [2.75, 3.05) is 0 Å². The molecule has 1 aliphatic carbocycles. The van der Waals surface area contributed by atoms with Crippen LogP contribution in [0.3, 0.4) is 0 Å². The van der Waals surface area contributed by atoms with Gasteiger partial charge in [0.15, 0.2) is 0 Å². The van der Waals surface area contributed by atoms with Gasteiger partial charge in [-0.25, -0.2) is 13.1 Å². The summed E-state index contributed by atoms with van der Waals surface area (Å²) in [6.45, 7) is 13.6. The van der Waals surface area contributed by atoms with E-state index in [1.165, 1.54) is 0 Å². The molecule has 0 aromatic heterocycles.